The van der Waals surface area contributed by atoms with Crippen LogP contribution in [0.2, 0.25) is 0 Å². The molecule has 3 nitrogen and oxygen atoms in total. The summed E-state index contributed by atoms with van der Waals surface area (Å²) in [6.45, 7) is 5.57. The molecule has 2 rings (SSSR count). The molecule has 0 N–H and O–H groups in total. The third kappa shape index (κ3) is 2.28. The maximum absolute atomic E-state index is 12.2. The Bertz CT molecular complexity index is 490. The van der Waals surface area contributed by atoms with Crippen LogP contribution in [-0.4, -0.2) is 11.7 Å². The first-order valence-corrected chi connectivity index (χ1v) is 6.15. The van der Waals surface area contributed by atoms with Crippen molar-refractivity contribution in [3.8, 4) is 0 Å². The Labute approximate surface area is 110 Å². The molecule has 0 aromatic heterocycles. The van der Waals surface area contributed by atoms with E-state index < -0.39 is 5.60 Å². The lowest BCUT2D eigenvalue weighted by Crippen LogP contribution is -2.42. The number of carbonyl (C=O) groups excluding carboxylic acids is 1. The molecule has 0 aliphatic carbocycles. The van der Waals surface area contributed by atoms with Gasteiger partial charge in [0.05, 0.1) is 0 Å². The smallest absolute Gasteiger partial charge is 0.413 e. The van der Waals surface area contributed by atoms with Crippen LogP contribution in [0.3, 0.4) is 0 Å². The first kappa shape index (κ1) is 12.3. The molecule has 1 amide bonds. The summed E-state index contributed by atoms with van der Waals surface area (Å²) in [5.74, 6) is 0. The minimum Gasteiger partial charge on any atom is -0.413 e. The fraction of sp³-hybridized carbons (Fsp3) is 0.308. The highest BCUT2D eigenvalue weighted by Gasteiger charge is 2.44. The lowest BCUT2D eigenvalue weighted by Gasteiger charge is -2.25. The summed E-state index contributed by atoms with van der Waals surface area (Å²) in [6, 6.07) is 7.73. The molecule has 1 atom stereocenters. The van der Waals surface area contributed by atoms with Crippen LogP contribution in [0, 0.1) is 0 Å². The van der Waals surface area contributed by atoms with E-state index in [1.54, 1.807) is 6.20 Å². The van der Waals surface area contributed by atoms with Crippen LogP contribution in [0.1, 0.15) is 26.3 Å². The lowest BCUT2D eigenvalue weighted by atomic mass is 10.2. The van der Waals surface area contributed by atoms with Crippen molar-refractivity contribution < 1.29 is 9.53 Å². The highest BCUT2D eigenvalue weighted by atomic mass is 79.9. The second kappa shape index (κ2) is 3.96. The number of ether oxygens (including phenoxy) is 1. The van der Waals surface area contributed by atoms with Gasteiger partial charge in [-0.3, -0.25) is 0 Å². The van der Waals surface area contributed by atoms with Gasteiger partial charge < -0.3 is 4.74 Å². The third-order valence-electron chi connectivity index (χ3n) is 2.41. The molecule has 4 heteroatoms. The summed E-state index contributed by atoms with van der Waals surface area (Å²) >= 11 is 3.44. The molecule has 1 aliphatic heterocycles. The Hall–Kier alpha value is -1.13. The van der Waals surface area contributed by atoms with Crippen molar-refractivity contribution in [2.45, 2.75) is 26.4 Å². The van der Waals surface area contributed by atoms with E-state index >= 15 is 0 Å². The molecule has 0 radical (unpaired) electrons. The van der Waals surface area contributed by atoms with E-state index in [1.807, 2.05) is 51.1 Å². The second-order valence-electron chi connectivity index (χ2n) is 4.99. The standard InChI is InChI=1S/C13H15BrNO2/c1-13(2,3)17-12(16)15(14)9-8-10-6-4-5-7-11(10)15/h4-9H,1-3H3/q+1. The van der Waals surface area contributed by atoms with Crippen molar-refractivity contribution in [1.82, 2.24) is 3.51 Å². The van der Waals surface area contributed by atoms with E-state index in [4.69, 9.17) is 4.74 Å². The van der Waals surface area contributed by atoms with Crippen LogP contribution in [0.15, 0.2) is 30.5 Å². The predicted octanol–water partition coefficient (Wildman–Crippen LogP) is 4.22. The van der Waals surface area contributed by atoms with E-state index in [-0.39, 0.29) is 9.60 Å². The number of para-hydroxylation sites is 1. The van der Waals surface area contributed by atoms with Gasteiger partial charge in [0.1, 0.15) is 11.8 Å². The number of hydrogen-bond donors (Lipinski definition) is 0. The van der Waals surface area contributed by atoms with E-state index in [1.165, 1.54) is 0 Å². The Morgan fingerprint density at radius 3 is 2.59 bits per heavy atom. The molecular weight excluding hydrogens is 282 g/mol. The molecule has 0 saturated heterocycles. The summed E-state index contributed by atoms with van der Waals surface area (Å²) < 4.78 is 5.31. The third-order valence-corrected chi connectivity index (χ3v) is 3.31. The first-order valence-electron chi connectivity index (χ1n) is 5.44. The summed E-state index contributed by atoms with van der Waals surface area (Å²) in [6.07, 6.45) is 3.35. The molecule has 1 heterocycles. The van der Waals surface area contributed by atoms with Crippen molar-refractivity contribution >= 4 is 34.0 Å². The fourth-order valence-corrected chi connectivity index (χ4v) is 2.19. The maximum Gasteiger partial charge on any atom is 0.537 e. The van der Waals surface area contributed by atoms with Crippen molar-refractivity contribution in [2.75, 3.05) is 0 Å². The normalized spacial score (nSPS) is 22.4. The summed E-state index contributed by atoms with van der Waals surface area (Å²) in [5.41, 5.74) is 1.40. The van der Waals surface area contributed by atoms with Gasteiger partial charge in [0.25, 0.3) is 16.1 Å². The summed E-state index contributed by atoms with van der Waals surface area (Å²) in [4.78, 5) is 12.2. The molecule has 0 fully saturated rings. The van der Waals surface area contributed by atoms with Gasteiger partial charge >= 0.3 is 6.09 Å². The second-order valence-corrected chi connectivity index (χ2v) is 6.11. The first-order chi connectivity index (χ1) is 7.83. The molecule has 90 valence electrons. The highest BCUT2D eigenvalue weighted by Crippen LogP contribution is 2.40. The Morgan fingerprint density at radius 2 is 1.94 bits per heavy atom. The van der Waals surface area contributed by atoms with Crippen LogP contribution in [0.4, 0.5) is 10.5 Å². The van der Waals surface area contributed by atoms with E-state index in [0.717, 1.165) is 11.3 Å². The fourth-order valence-electron chi connectivity index (χ4n) is 1.68. The zero-order valence-electron chi connectivity index (χ0n) is 10.1. The van der Waals surface area contributed by atoms with Crippen molar-refractivity contribution in [3.05, 3.63) is 36.0 Å². The number of benzene rings is 1. The van der Waals surface area contributed by atoms with Crippen molar-refractivity contribution in [2.24, 2.45) is 0 Å². The minimum absolute atomic E-state index is 0.111. The largest absolute Gasteiger partial charge is 0.537 e. The molecule has 0 spiro atoms. The average Bonchev–Trinajstić information content (AvgIpc) is 2.56. The van der Waals surface area contributed by atoms with Crippen LogP contribution < -0.4 is 3.51 Å². The number of nitrogens with zero attached hydrogens (tertiary/aromatic N) is 1. The highest BCUT2D eigenvalue weighted by molar-refractivity contribution is 9.09. The van der Waals surface area contributed by atoms with Gasteiger partial charge in [-0.25, -0.2) is 0 Å². The number of quaternary nitrogens is 1. The minimum atomic E-state index is -0.499. The molecule has 0 saturated carbocycles. The molecule has 1 aliphatic rings. The van der Waals surface area contributed by atoms with Crippen molar-refractivity contribution in [1.29, 1.82) is 0 Å². The molecule has 1 unspecified atom stereocenters. The molecule has 0 bridgehead atoms. The van der Waals surface area contributed by atoms with E-state index in [0.29, 0.717) is 0 Å². The SMILES string of the molecule is CC(C)(C)OC(=O)[N+]1(Br)C=Cc2ccccc21. The number of hydrogen-bond acceptors (Lipinski definition) is 2. The van der Waals surface area contributed by atoms with Crippen molar-refractivity contribution in [3.63, 3.8) is 0 Å². The van der Waals surface area contributed by atoms with Crippen LogP contribution in [0.25, 0.3) is 6.08 Å². The monoisotopic (exact) mass is 296 g/mol. The van der Waals surface area contributed by atoms with Gasteiger partial charge in [-0.15, -0.1) is 0 Å². The molecule has 1 aromatic carbocycles. The number of rotatable bonds is 0. The summed E-state index contributed by atoms with van der Waals surface area (Å²) in [5, 5.41) is 0. The topological polar surface area (TPSA) is 26.3 Å². The van der Waals surface area contributed by atoms with Gasteiger partial charge in [0.15, 0.2) is 5.69 Å². The maximum atomic E-state index is 12.2. The van der Waals surface area contributed by atoms with Crippen LogP contribution in [-0.2, 0) is 4.74 Å². The average molecular weight is 297 g/mol. The molecule has 17 heavy (non-hydrogen) atoms. The number of halogens is 1. The molecule has 1 aromatic rings. The Balaban J connectivity index is 2.34. The Kier molecular flexibility index (Phi) is 2.87. The van der Waals surface area contributed by atoms with Crippen LogP contribution in [0.5, 0.6) is 0 Å². The van der Waals surface area contributed by atoms with E-state index in [9.17, 15) is 4.79 Å². The van der Waals surface area contributed by atoms with Gasteiger partial charge in [0, 0.05) is 17.7 Å². The quantitative estimate of drug-likeness (QED) is 0.670. The van der Waals surface area contributed by atoms with E-state index in [2.05, 4.69) is 16.1 Å². The Morgan fingerprint density at radius 1 is 1.29 bits per heavy atom. The van der Waals surface area contributed by atoms with Gasteiger partial charge in [-0.1, -0.05) is 15.6 Å². The number of fused-ring (bicyclic) bond motifs is 1. The van der Waals surface area contributed by atoms with Gasteiger partial charge in [-0.2, -0.15) is 4.79 Å². The van der Waals surface area contributed by atoms with Crippen LogP contribution >= 0.6 is 16.1 Å². The number of amides is 1. The lowest BCUT2D eigenvalue weighted by molar-refractivity contribution is 0.0468. The predicted molar refractivity (Wildman–Crippen MR) is 72.4 cm³/mol. The molecular formula is C13H15BrNO2+. The van der Waals surface area contributed by atoms with Gasteiger partial charge in [0.2, 0.25) is 0 Å². The summed E-state index contributed by atoms with van der Waals surface area (Å²) in [7, 11) is 0. The number of carbonyl (C=O) groups is 1. The zero-order valence-corrected chi connectivity index (χ0v) is 11.7. The van der Waals surface area contributed by atoms with Gasteiger partial charge in [-0.05, 0) is 26.8 Å². The zero-order chi connectivity index (χ0) is 12.7.